The number of carbonyl (C=O) groups is 1. The molecule has 1 amide bonds. The van der Waals surface area contributed by atoms with E-state index in [9.17, 15) is 14.0 Å². The van der Waals surface area contributed by atoms with Crippen LogP contribution < -0.4 is 10.9 Å². The summed E-state index contributed by atoms with van der Waals surface area (Å²) in [4.78, 5) is 27.0. The average molecular weight is 399 g/mol. The van der Waals surface area contributed by atoms with Crippen molar-refractivity contribution in [2.24, 2.45) is 0 Å². The number of carbonyl (C=O) groups excluding carboxylic acids is 1. The molecule has 1 aliphatic carbocycles. The lowest BCUT2D eigenvalue weighted by atomic mass is 9.95. The van der Waals surface area contributed by atoms with Crippen molar-refractivity contribution in [3.05, 3.63) is 68.7 Å². The summed E-state index contributed by atoms with van der Waals surface area (Å²) < 4.78 is 15.5. The van der Waals surface area contributed by atoms with Crippen molar-refractivity contribution in [3.63, 3.8) is 0 Å². The normalized spacial score (nSPS) is 15.1. The highest BCUT2D eigenvalue weighted by Gasteiger charge is 2.23. The maximum absolute atomic E-state index is 13.1. The fourth-order valence-electron chi connectivity index (χ4n) is 3.95. The number of pyridine rings is 1. The molecular weight excluding hydrogens is 375 g/mol. The summed E-state index contributed by atoms with van der Waals surface area (Å²) in [7, 11) is 0. The van der Waals surface area contributed by atoms with Crippen molar-refractivity contribution in [3.8, 4) is 0 Å². The van der Waals surface area contributed by atoms with Crippen LogP contribution in [0.4, 0.5) is 4.39 Å². The highest BCUT2D eigenvalue weighted by Crippen LogP contribution is 2.29. The van der Waals surface area contributed by atoms with E-state index in [2.05, 4.69) is 5.32 Å². The van der Waals surface area contributed by atoms with Gasteiger partial charge in [-0.05, 0) is 43.5 Å². The first-order valence-electron chi connectivity index (χ1n) is 9.71. The lowest BCUT2D eigenvalue weighted by Crippen LogP contribution is -2.36. The predicted molar refractivity (Wildman–Crippen MR) is 111 cm³/mol. The molecule has 4 rings (SSSR count). The molecule has 1 N–H and O–H groups in total. The van der Waals surface area contributed by atoms with E-state index in [1.165, 1.54) is 29.9 Å². The van der Waals surface area contributed by atoms with Crippen LogP contribution in [0.3, 0.4) is 0 Å². The van der Waals surface area contributed by atoms with Gasteiger partial charge in [-0.1, -0.05) is 31.4 Å². The Kier molecular flexibility index (Phi) is 5.31. The van der Waals surface area contributed by atoms with Crippen molar-refractivity contribution >= 4 is 27.3 Å². The molecule has 1 saturated carbocycles. The molecule has 4 nitrogen and oxygen atoms in total. The number of aromatic nitrogens is 1. The maximum atomic E-state index is 13.1. The lowest BCUT2D eigenvalue weighted by molar-refractivity contribution is 0.0929. The van der Waals surface area contributed by atoms with Crippen LogP contribution in [0.1, 0.15) is 52.9 Å². The number of halogens is 1. The summed E-state index contributed by atoms with van der Waals surface area (Å²) >= 11 is 1.48. The Morgan fingerprint density at radius 1 is 1.18 bits per heavy atom. The topological polar surface area (TPSA) is 51.1 Å². The molecule has 0 spiro atoms. The number of rotatable bonds is 4. The highest BCUT2D eigenvalue weighted by molar-refractivity contribution is 7.19. The molecule has 0 unspecified atom stereocenters. The standard InChI is InChI=1S/C22H23FN2O2S/c1-14-19(21(26)24-17-5-3-2-4-6-17)20-18(28-14)11-12-25(22(20)27)13-15-7-9-16(23)10-8-15/h7-12,17H,2-6,13H2,1H3,(H,24,26). The molecule has 146 valence electrons. The average Bonchev–Trinajstić information content (AvgIpc) is 3.03. The summed E-state index contributed by atoms with van der Waals surface area (Å²) in [5, 5.41) is 3.62. The molecule has 2 aromatic heterocycles. The fraction of sp³-hybridized carbons (Fsp3) is 0.364. The smallest absolute Gasteiger partial charge is 0.260 e. The van der Waals surface area contributed by atoms with Crippen LogP contribution in [0.15, 0.2) is 41.3 Å². The van der Waals surface area contributed by atoms with Gasteiger partial charge in [0.15, 0.2) is 0 Å². The minimum Gasteiger partial charge on any atom is -0.349 e. The van der Waals surface area contributed by atoms with Crippen LogP contribution in [0.25, 0.3) is 10.1 Å². The molecular formula is C22H23FN2O2S. The zero-order valence-corrected chi connectivity index (χ0v) is 16.7. The quantitative estimate of drug-likeness (QED) is 0.697. The van der Waals surface area contributed by atoms with Crippen LogP contribution in [0.5, 0.6) is 0 Å². The van der Waals surface area contributed by atoms with E-state index in [1.807, 2.05) is 13.0 Å². The SMILES string of the molecule is Cc1sc2ccn(Cc3ccc(F)cc3)c(=O)c2c1C(=O)NC1CCCCC1. The van der Waals surface area contributed by atoms with Gasteiger partial charge in [0.25, 0.3) is 11.5 Å². The van der Waals surface area contributed by atoms with Crippen molar-refractivity contribution in [1.29, 1.82) is 0 Å². The largest absolute Gasteiger partial charge is 0.349 e. The van der Waals surface area contributed by atoms with Gasteiger partial charge in [-0.15, -0.1) is 11.3 Å². The summed E-state index contributed by atoms with van der Waals surface area (Å²) in [6.45, 7) is 2.23. The van der Waals surface area contributed by atoms with Crippen molar-refractivity contribution in [2.75, 3.05) is 0 Å². The van der Waals surface area contributed by atoms with Gasteiger partial charge in [0.1, 0.15) is 5.82 Å². The Hall–Kier alpha value is -2.47. The summed E-state index contributed by atoms with van der Waals surface area (Å²) in [6.07, 6.45) is 7.24. The van der Waals surface area contributed by atoms with Gasteiger partial charge in [0, 0.05) is 21.8 Å². The third kappa shape index (κ3) is 3.74. The second kappa shape index (κ2) is 7.87. The summed E-state index contributed by atoms with van der Waals surface area (Å²) in [6, 6.07) is 8.19. The van der Waals surface area contributed by atoms with E-state index in [1.54, 1.807) is 22.9 Å². The number of hydrogen-bond acceptors (Lipinski definition) is 3. The fourth-order valence-corrected chi connectivity index (χ4v) is 5.00. The first kappa shape index (κ1) is 18.9. The van der Waals surface area contributed by atoms with E-state index in [0.717, 1.165) is 40.8 Å². The minimum atomic E-state index is -0.304. The highest BCUT2D eigenvalue weighted by atomic mass is 32.1. The molecule has 1 aromatic carbocycles. The molecule has 0 bridgehead atoms. The monoisotopic (exact) mass is 398 g/mol. The van der Waals surface area contributed by atoms with Crippen molar-refractivity contribution in [1.82, 2.24) is 9.88 Å². The molecule has 0 atom stereocenters. The number of aryl methyl sites for hydroxylation is 1. The van der Waals surface area contributed by atoms with Crippen LogP contribution in [-0.4, -0.2) is 16.5 Å². The molecule has 1 aliphatic rings. The van der Waals surface area contributed by atoms with E-state index in [4.69, 9.17) is 0 Å². The summed E-state index contributed by atoms with van der Waals surface area (Å²) in [5.41, 5.74) is 1.16. The van der Waals surface area contributed by atoms with Gasteiger partial charge >= 0.3 is 0 Å². The first-order chi connectivity index (χ1) is 13.5. The number of nitrogens with zero attached hydrogens (tertiary/aromatic N) is 1. The van der Waals surface area contributed by atoms with Crippen LogP contribution in [0, 0.1) is 12.7 Å². The second-order valence-corrected chi connectivity index (χ2v) is 8.71. The predicted octanol–water partition coefficient (Wildman–Crippen LogP) is 4.62. The van der Waals surface area contributed by atoms with Crippen molar-refractivity contribution in [2.45, 2.75) is 51.6 Å². The number of hydrogen-bond donors (Lipinski definition) is 1. The van der Waals surface area contributed by atoms with Gasteiger partial charge in [-0.2, -0.15) is 0 Å². The summed E-state index contributed by atoms with van der Waals surface area (Å²) in [5.74, 6) is -0.450. The van der Waals surface area contributed by atoms with Gasteiger partial charge in [0.2, 0.25) is 0 Å². The number of benzene rings is 1. The molecule has 1 fully saturated rings. The van der Waals surface area contributed by atoms with Crippen molar-refractivity contribution < 1.29 is 9.18 Å². The molecule has 2 heterocycles. The Balaban J connectivity index is 1.68. The number of nitrogens with one attached hydrogen (secondary N) is 1. The van der Waals surface area contributed by atoms with E-state index < -0.39 is 0 Å². The third-order valence-electron chi connectivity index (χ3n) is 5.43. The maximum Gasteiger partial charge on any atom is 0.260 e. The molecule has 3 aromatic rings. The molecule has 0 aliphatic heterocycles. The van der Waals surface area contributed by atoms with Crippen LogP contribution in [0.2, 0.25) is 0 Å². The Morgan fingerprint density at radius 3 is 2.61 bits per heavy atom. The minimum absolute atomic E-state index is 0.146. The first-order valence-corrected chi connectivity index (χ1v) is 10.5. The van der Waals surface area contributed by atoms with E-state index >= 15 is 0 Å². The second-order valence-electron chi connectivity index (χ2n) is 7.46. The molecule has 28 heavy (non-hydrogen) atoms. The van der Waals surface area contributed by atoms with Gasteiger partial charge in [-0.25, -0.2) is 4.39 Å². The lowest BCUT2D eigenvalue weighted by Gasteiger charge is -2.22. The molecule has 0 radical (unpaired) electrons. The Morgan fingerprint density at radius 2 is 1.89 bits per heavy atom. The van der Waals surface area contributed by atoms with Crippen LogP contribution in [-0.2, 0) is 6.54 Å². The third-order valence-corrected chi connectivity index (χ3v) is 6.50. The van der Waals surface area contributed by atoms with Gasteiger partial charge < -0.3 is 9.88 Å². The molecule has 6 heteroatoms. The van der Waals surface area contributed by atoms with Gasteiger partial charge in [0.05, 0.1) is 17.5 Å². The number of amides is 1. The van der Waals surface area contributed by atoms with E-state index in [-0.39, 0.29) is 23.3 Å². The van der Waals surface area contributed by atoms with Gasteiger partial charge in [-0.3, -0.25) is 9.59 Å². The Labute approximate surface area is 167 Å². The van der Waals surface area contributed by atoms with E-state index in [0.29, 0.717) is 17.5 Å². The Bertz CT molecular complexity index is 1060. The number of fused-ring (bicyclic) bond motifs is 1. The molecule has 0 saturated heterocycles. The van der Waals surface area contributed by atoms with Crippen LogP contribution >= 0.6 is 11.3 Å². The zero-order chi connectivity index (χ0) is 19.7. The zero-order valence-electron chi connectivity index (χ0n) is 15.8. The number of thiophene rings is 1.